The molecule has 0 N–H and O–H groups in total. The molecule has 3 aromatic rings. The Bertz CT molecular complexity index is 1300. The second-order valence-electron chi connectivity index (χ2n) is 9.36. The molecule has 196 valence electrons. The lowest BCUT2D eigenvalue weighted by Crippen LogP contribution is -2.27. The number of methoxy groups -OCH3 is 1. The summed E-state index contributed by atoms with van der Waals surface area (Å²) in [7, 11) is 1.60. The van der Waals surface area contributed by atoms with Crippen molar-refractivity contribution in [3.63, 3.8) is 0 Å². The minimum Gasteiger partial charge on any atom is -0.493 e. The van der Waals surface area contributed by atoms with Gasteiger partial charge in [0.25, 0.3) is 5.91 Å². The molecule has 5 nitrogen and oxygen atoms in total. The van der Waals surface area contributed by atoms with Crippen LogP contribution >= 0.6 is 24.0 Å². The number of anilines is 1. The van der Waals surface area contributed by atoms with E-state index in [0.717, 1.165) is 17.0 Å². The zero-order valence-corrected chi connectivity index (χ0v) is 23.1. The minimum atomic E-state index is -0.130. The zero-order valence-electron chi connectivity index (χ0n) is 21.4. The second kappa shape index (κ2) is 12.5. The zero-order chi connectivity index (χ0) is 26.3. The molecule has 0 unspecified atom stereocenters. The molecule has 7 heteroatoms. The predicted molar refractivity (Wildman–Crippen MR) is 158 cm³/mol. The first kappa shape index (κ1) is 26.3. The number of carbonyl (C=O) groups is 1. The lowest BCUT2D eigenvalue weighted by atomic mass is 9.84. The van der Waals surface area contributed by atoms with E-state index >= 15 is 0 Å². The highest BCUT2D eigenvalue weighted by molar-refractivity contribution is 8.27. The molecule has 0 radical (unpaired) electrons. The van der Waals surface area contributed by atoms with E-state index in [4.69, 9.17) is 26.4 Å². The summed E-state index contributed by atoms with van der Waals surface area (Å²) in [6.07, 6.45) is 8.44. The third-order valence-electron chi connectivity index (χ3n) is 6.86. The molecule has 1 aliphatic heterocycles. The SMILES string of the molecule is COc1cc(C=C2SC(=S)N(c3ccccc3)C2=O)ccc1OCCOc1ccc(C2CCCCC2)cc1. The summed E-state index contributed by atoms with van der Waals surface area (Å²) >= 11 is 6.76. The Morgan fingerprint density at radius 2 is 1.66 bits per heavy atom. The quantitative estimate of drug-likeness (QED) is 0.157. The van der Waals surface area contributed by atoms with Crippen LogP contribution in [0.25, 0.3) is 6.08 Å². The van der Waals surface area contributed by atoms with Crippen molar-refractivity contribution < 1.29 is 19.0 Å². The summed E-state index contributed by atoms with van der Waals surface area (Å²) < 4.78 is 17.9. The Kier molecular flexibility index (Phi) is 8.66. The van der Waals surface area contributed by atoms with Gasteiger partial charge in [-0.25, -0.2) is 0 Å². The molecule has 1 amide bonds. The number of benzene rings is 3. The highest BCUT2D eigenvalue weighted by atomic mass is 32.2. The van der Waals surface area contributed by atoms with Crippen molar-refractivity contribution >= 4 is 46.0 Å². The smallest absolute Gasteiger partial charge is 0.270 e. The van der Waals surface area contributed by atoms with E-state index in [0.29, 0.717) is 39.9 Å². The lowest BCUT2D eigenvalue weighted by molar-refractivity contribution is -0.113. The van der Waals surface area contributed by atoms with E-state index in [-0.39, 0.29) is 5.91 Å². The van der Waals surface area contributed by atoms with Crippen LogP contribution in [0.2, 0.25) is 0 Å². The average Bonchev–Trinajstić information content (AvgIpc) is 3.24. The minimum absolute atomic E-state index is 0.130. The van der Waals surface area contributed by atoms with Crippen LogP contribution in [0.1, 0.15) is 49.1 Å². The Labute approximate surface area is 233 Å². The molecule has 2 fully saturated rings. The highest BCUT2D eigenvalue weighted by Crippen LogP contribution is 2.37. The van der Waals surface area contributed by atoms with Crippen LogP contribution < -0.4 is 19.1 Å². The van der Waals surface area contributed by atoms with E-state index in [1.165, 1.54) is 49.4 Å². The van der Waals surface area contributed by atoms with Crippen molar-refractivity contribution in [2.75, 3.05) is 25.2 Å². The number of hydrogen-bond acceptors (Lipinski definition) is 6. The number of rotatable bonds is 9. The number of hydrogen-bond donors (Lipinski definition) is 0. The first-order valence-electron chi connectivity index (χ1n) is 13.0. The molecular weight excluding hydrogens is 514 g/mol. The number of para-hydroxylation sites is 1. The van der Waals surface area contributed by atoms with Gasteiger partial charge in [0.15, 0.2) is 15.8 Å². The van der Waals surface area contributed by atoms with Gasteiger partial charge >= 0.3 is 0 Å². The van der Waals surface area contributed by atoms with Crippen molar-refractivity contribution in [2.24, 2.45) is 0 Å². The number of nitrogens with zero attached hydrogens (tertiary/aromatic N) is 1. The van der Waals surface area contributed by atoms with Gasteiger partial charge in [-0.3, -0.25) is 9.69 Å². The summed E-state index contributed by atoms with van der Waals surface area (Å²) in [5.74, 6) is 2.63. The molecule has 2 aliphatic rings. The fourth-order valence-corrected chi connectivity index (χ4v) is 6.19. The molecule has 38 heavy (non-hydrogen) atoms. The highest BCUT2D eigenvalue weighted by Gasteiger charge is 2.33. The third-order valence-corrected chi connectivity index (χ3v) is 8.16. The largest absolute Gasteiger partial charge is 0.493 e. The molecule has 0 spiro atoms. The summed E-state index contributed by atoms with van der Waals surface area (Å²) in [4.78, 5) is 15.1. The maximum absolute atomic E-state index is 13.0. The Morgan fingerprint density at radius 3 is 2.39 bits per heavy atom. The molecule has 1 saturated heterocycles. The van der Waals surface area contributed by atoms with E-state index in [2.05, 4.69) is 24.3 Å². The second-order valence-corrected chi connectivity index (χ2v) is 11.0. The van der Waals surface area contributed by atoms with Gasteiger partial charge < -0.3 is 14.2 Å². The van der Waals surface area contributed by atoms with Crippen molar-refractivity contribution in [2.45, 2.75) is 38.0 Å². The van der Waals surface area contributed by atoms with Crippen molar-refractivity contribution in [1.29, 1.82) is 0 Å². The fourth-order valence-electron chi connectivity index (χ4n) is 4.90. The molecule has 1 saturated carbocycles. The predicted octanol–water partition coefficient (Wildman–Crippen LogP) is 7.61. The molecule has 1 heterocycles. The van der Waals surface area contributed by atoms with Gasteiger partial charge in [-0.1, -0.05) is 79.6 Å². The van der Waals surface area contributed by atoms with Crippen LogP contribution in [0.5, 0.6) is 17.2 Å². The van der Waals surface area contributed by atoms with E-state index in [1.807, 2.05) is 54.6 Å². The standard InChI is InChI=1S/C31H31NO4S2/c1-34-28-20-22(21-29-30(33)32(31(37)38-29)25-10-6-3-7-11-25)12-17-27(28)36-19-18-35-26-15-13-24(14-16-26)23-8-4-2-5-9-23/h3,6-7,10-17,20-21,23H,2,4-5,8-9,18-19H2,1H3. The summed E-state index contributed by atoms with van der Waals surface area (Å²) in [5, 5.41) is 0. The summed E-state index contributed by atoms with van der Waals surface area (Å²) in [6.45, 7) is 0.811. The summed E-state index contributed by atoms with van der Waals surface area (Å²) in [5.41, 5.74) is 3.01. The summed E-state index contributed by atoms with van der Waals surface area (Å²) in [6, 6.07) is 23.5. The average molecular weight is 546 g/mol. The number of carbonyl (C=O) groups excluding carboxylic acids is 1. The lowest BCUT2D eigenvalue weighted by Gasteiger charge is -2.22. The molecule has 1 aliphatic carbocycles. The third kappa shape index (κ3) is 6.22. The van der Waals surface area contributed by atoms with Gasteiger partial charge in [0.05, 0.1) is 17.7 Å². The molecule has 5 rings (SSSR count). The molecular formula is C31H31NO4S2. The Hall–Kier alpha value is -3.29. The number of ether oxygens (including phenoxy) is 3. The maximum atomic E-state index is 13.0. The molecule has 3 aromatic carbocycles. The van der Waals surface area contributed by atoms with Crippen LogP contribution in [-0.2, 0) is 4.79 Å². The monoisotopic (exact) mass is 545 g/mol. The molecule has 0 aromatic heterocycles. The van der Waals surface area contributed by atoms with Crippen LogP contribution in [0.3, 0.4) is 0 Å². The molecule has 0 bridgehead atoms. The first-order valence-corrected chi connectivity index (χ1v) is 14.2. The van der Waals surface area contributed by atoms with Crippen molar-refractivity contribution in [1.82, 2.24) is 0 Å². The Balaban J connectivity index is 1.16. The maximum Gasteiger partial charge on any atom is 0.270 e. The number of amides is 1. The van der Waals surface area contributed by atoms with Crippen molar-refractivity contribution in [3.8, 4) is 17.2 Å². The van der Waals surface area contributed by atoms with Crippen LogP contribution in [0.4, 0.5) is 5.69 Å². The fraction of sp³-hybridized carbons (Fsp3) is 0.290. The van der Waals surface area contributed by atoms with Gasteiger partial charge in [0.1, 0.15) is 19.0 Å². The van der Waals surface area contributed by atoms with Gasteiger partial charge in [-0.05, 0) is 72.4 Å². The molecule has 0 atom stereocenters. The first-order chi connectivity index (χ1) is 18.6. The van der Waals surface area contributed by atoms with Gasteiger partial charge in [-0.2, -0.15) is 0 Å². The normalized spacial score (nSPS) is 17.2. The number of thioether (sulfide) groups is 1. The Morgan fingerprint density at radius 1 is 0.921 bits per heavy atom. The number of thiocarbonyl (C=S) groups is 1. The van der Waals surface area contributed by atoms with Gasteiger partial charge in [-0.15, -0.1) is 0 Å². The van der Waals surface area contributed by atoms with E-state index in [1.54, 1.807) is 12.0 Å². The van der Waals surface area contributed by atoms with E-state index < -0.39 is 0 Å². The van der Waals surface area contributed by atoms with E-state index in [9.17, 15) is 4.79 Å². The van der Waals surface area contributed by atoms with Gasteiger partial charge in [0, 0.05) is 0 Å². The van der Waals surface area contributed by atoms with Crippen LogP contribution in [-0.4, -0.2) is 30.6 Å². The van der Waals surface area contributed by atoms with Crippen LogP contribution in [0.15, 0.2) is 77.7 Å². The van der Waals surface area contributed by atoms with Crippen molar-refractivity contribution in [3.05, 3.63) is 88.8 Å². The topological polar surface area (TPSA) is 48.0 Å². The van der Waals surface area contributed by atoms with Crippen LogP contribution in [0, 0.1) is 0 Å². The van der Waals surface area contributed by atoms with Gasteiger partial charge in [0.2, 0.25) is 0 Å².